The van der Waals surface area contributed by atoms with Crippen LogP contribution < -0.4 is 11.1 Å². The molecular weight excluding hydrogens is 250 g/mol. The molecule has 0 bridgehead atoms. The number of fused-ring (bicyclic) bond motifs is 3. The van der Waals surface area contributed by atoms with Gasteiger partial charge in [0.25, 0.3) is 0 Å². The molecule has 2 aromatic rings. The highest BCUT2D eigenvalue weighted by atomic mass is 16.5. The van der Waals surface area contributed by atoms with E-state index in [1.165, 1.54) is 0 Å². The number of hydrogen-bond acceptors (Lipinski definition) is 4. The molecule has 0 radical (unpaired) electrons. The van der Waals surface area contributed by atoms with Crippen LogP contribution in [0.4, 0.5) is 5.69 Å². The summed E-state index contributed by atoms with van der Waals surface area (Å²) in [6.45, 7) is 1.50. The van der Waals surface area contributed by atoms with Crippen LogP contribution in [0.15, 0.2) is 54.6 Å². The fraction of sp³-hybridized carbons (Fsp3) is 0.250. The summed E-state index contributed by atoms with van der Waals surface area (Å²) in [6, 6.07) is 18.5. The van der Waals surface area contributed by atoms with E-state index in [1.54, 1.807) is 0 Å². The fourth-order valence-corrected chi connectivity index (χ4v) is 3.31. The van der Waals surface area contributed by atoms with Crippen LogP contribution in [-0.4, -0.2) is 24.3 Å². The van der Waals surface area contributed by atoms with Crippen molar-refractivity contribution in [2.24, 2.45) is 5.73 Å². The number of nitrogens with one attached hydrogen (secondary N) is 1. The minimum atomic E-state index is -0.567. The second-order valence-electron chi connectivity index (χ2n) is 5.19. The van der Waals surface area contributed by atoms with E-state index in [0.717, 1.165) is 23.4 Å². The largest absolute Gasteiger partial charge is 0.357 e. The lowest BCUT2D eigenvalue weighted by Crippen LogP contribution is -2.59. The summed E-state index contributed by atoms with van der Waals surface area (Å²) in [4.78, 5) is 2.19. The van der Waals surface area contributed by atoms with Gasteiger partial charge in [0.05, 0.1) is 6.61 Å². The van der Waals surface area contributed by atoms with Crippen LogP contribution in [0.3, 0.4) is 0 Å². The van der Waals surface area contributed by atoms with Crippen LogP contribution in [-0.2, 0) is 10.5 Å². The van der Waals surface area contributed by atoms with Crippen LogP contribution in [0, 0.1) is 0 Å². The summed E-state index contributed by atoms with van der Waals surface area (Å²) < 4.78 is 6.23. The predicted octanol–water partition coefficient (Wildman–Crippen LogP) is 1.89. The molecule has 2 aliphatic rings. The van der Waals surface area contributed by atoms with Crippen molar-refractivity contribution < 1.29 is 4.74 Å². The van der Waals surface area contributed by atoms with Crippen molar-refractivity contribution in [2.75, 3.05) is 18.5 Å². The maximum absolute atomic E-state index is 6.29. The van der Waals surface area contributed by atoms with Crippen molar-refractivity contribution in [3.63, 3.8) is 0 Å². The summed E-state index contributed by atoms with van der Waals surface area (Å²) in [6.07, 6.45) is -0.243. The Morgan fingerprint density at radius 1 is 1.10 bits per heavy atom. The van der Waals surface area contributed by atoms with Gasteiger partial charge < -0.3 is 10.1 Å². The van der Waals surface area contributed by atoms with Crippen molar-refractivity contribution in [3.05, 3.63) is 65.7 Å². The first kappa shape index (κ1) is 11.9. The molecule has 0 spiro atoms. The SMILES string of the molecule is NC1Nc2ccccc2C2(c3ccccc3)OCCN12. The summed E-state index contributed by atoms with van der Waals surface area (Å²) in [5.41, 5.74) is 9.03. The van der Waals surface area contributed by atoms with E-state index in [1.807, 2.05) is 30.3 Å². The molecule has 1 saturated heterocycles. The molecule has 0 aromatic heterocycles. The Labute approximate surface area is 118 Å². The zero-order valence-electron chi connectivity index (χ0n) is 11.1. The Bertz CT molecular complexity index is 631. The van der Waals surface area contributed by atoms with Gasteiger partial charge in [0, 0.05) is 23.4 Å². The molecule has 4 heteroatoms. The Kier molecular flexibility index (Phi) is 2.57. The second-order valence-corrected chi connectivity index (χ2v) is 5.19. The monoisotopic (exact) mass is 267 g/mol. The average molecular weight is 267 g/mol. The van der Waals surface area contributed by atoms with Gasteiger partial charge in [-0.15, -0.1) is 0 Å². The zero-order chi connectivity index (χ0) is 13.6. The highest BCUT2D eigenvalue weighted by Gasteiger charge is 2.51. The topological polar surface area (TPSA) is 50.5 Å². The van der Waals surface area contributed by atoms with Gasteiger partial charge in [-0.3, -0.25) is 5.73 Å². The lowest BCUT2D eigenvalue weighted by Gasteiger charge is -2.46. The fourth-order valence-electron chi connectivity index (χ4n) is 3.31. The molecule has 102 valence electrons. The molecule has 0 aliphatic carbocycles. The standard InChI is InChI=1S/C16H17N3O/c17-15-18-14-9-5-4-8-13(14)16(19(15)10-11-20-16)12-6-2-1-3-7-12/h1-9,15,18H,10-11,17H2. The molecule has 3 N–H and O–H groups in total. The number of hydrogen-bond donors (Lipinski definition) is 2. The summed E-state index contributed by atoms with van der Waals surface area (Å²) >= 11 is 0. The van der Waals surface area contributed by atoms with Gasteiger partial charge in [-0.2, -0.15) is 0 Å². The van der Waals surface area contributed by atoms with E-state index in [-0.39, 0.29) is 6.29 Å². The zero-order valence-corrected chi connectivity index (χ0v) is 11.1. The smallest absolute Gasteiger partial charge is 0.178 e. The Morgan fingerprint density at radius 2 is 1.85 bits per heavy atom. The molecule has 2 atom stereocenters. The van der Waals surface area contributed by atoms with Gasteiger partial charge in [-0.1, -0.05) is 48.5 Å². The van der Waals surface area contributed by atoms with Gasteiger partial charge in [-0.05, 0) is 6.07 Å². The molecule has 20 heavy (non-hydrogen) atoms. The van der Waals surface area contributed by atoms with Gasteiger partial charge in [0.15, 0.2) is 5.72 Å². The molecule has 2 aromatic carbocycles. The van der Waals surface area contributed by atoms with Crippen molar-refractivity contribution >= 4 is 5.69 Å². The molecule has 2 heterocycles. The molecule has 1 fully saturated rings. The van der Waals surface area contributed by atoms with E-state index in [9.17, 15) is 0 Å². The van der Waals surface area contributed by atoms with Gasteiger partial charge in [-0.25, -0.2) is 4.90 Å². The average Bonchev–Trinajstić information content (AvgIpc) is 2.95. The van der Waals surface area contributed by atoms with E-state index in [2.05, 4.69) is 34.5 Å². The second kappa shape index (κ2) is 4.31. The lowest BCUT2D eigenvalue weighted by atomic mass is 9.90. The quantitative estimate of drug-likeness (QED) is 0.828. The lowest BCUT2D eigenvalue weighted by molar-refractivity contribution is -0.0699. The van der Waals surface area contributed by atoms with E-state index >= 15 is 0 Å². The van der Waals surface area contributed by atoms with Crippen LogP contribution in [0.2, 0.25) is 0 Å². The first-order valence-electron chi connectivity index (χ1n) is 6.90. The third-order valence-corrected chi connectivity index (χ3v) is 4.14. The van der Waals surface area contributed by atoms with Crippen LogP contribution in [0.1, 0.15) is 11.1 Å². The Hall–Kier alpha value is -1.88. The molecule has 0 amide bonds. The van der Waals surface area contributed by atoms with Gasteiger partial charge in [0.1, 0.15) is 6.29 Å². The predicted molar refractivity (Wildman–Crippen MR) is 77.9 cm³/mol. The van der Waals surface area contributed by atoms with Crippen LogP contribution >= 0.6 is 0 Å². The maximum Gasteiger partial charge on any atom is 0.178 e. The first-order valence-corrected chi connectivity index (χ1v) is 6.90. The van der Waals surface area contributed by atoms with Crippen LogP contribution in [0.5, 0.6) is 0 Å². The van der Waals surface area contributed by atoms with E-state index in [4.69, 9.17) is 10.5 Å². The summed E-state index contributed by atoms with van der Waals surface area (Å²) in [5, 5.41) is 3.35. The molecule has 2 unspecified atom stereocenters. The number of para-hydroxylation sites is 1. The number of anilines is 1. The highest BCUT2D eigenvalue weighted by Crippen LogP contribution is 2.46. The first-order chi connectivity index (χ1) is 9.82. The number of ether oxygens (including phenoxy) is 1. The summed E-state index contributed by atoms with van der Waals surface area (Å²) in [5.74, 6) is 0. The third-order valence-electron chi connectivity index (χ3n) is 4.14. The highest BCUT2D eigenvalue weighted by molar-refractivity contribution is 5.59. The number of nitrogens with two attached hydrogens (primary N) is 1. The molecule has 2 aliphatic heterocycles. The van der Waals surface area contributed by atoms with E-state index in [0.29, 0.717) is 6.61 Å². The maximum atomic E-state index is 6.29. The minimum absolute atomic E-state index is 0.243. The van der Waals surface area contributed by atoms with Crippen molar-refractivity contribution in [1.82, 2.24) is 4.90 Å². The normalized spacial score (nSPS) is 28.6. The van der Waals surface area contributed by atoms with E-state index < -0.39 is 5.72 Å². The Balaban J connectivity index is 1.99. The minimum Gasteiger partial charge on any atom is -0.357 e. The molecule has 4 nitrogen and oxygen atoms in total. The molecule has 0 saturated carbocycles. The number of nitrogens with zero attached hydrogens (tertiary/aromatic N) is 1. The van der Waals surface area contributed by atoms with Crippen molar-refractivity contribution in [3.8, 4) is 0 Å². The van der Waals surface area contributed by atoms with Crippen molar-refractivity contribution in [1.29, 1.82) is 0 Å². The number of benzene rings is 2. The van der Waals surface area contributed by atoms with Gasteiger partial charge in [0.2, 0.25) is 0 Å². The molecular formula is C16H17N3O. The molecule has 4 rings (SSSR count). The van der Waals surface area contributed by atoms with Crippen LogP contribution in [0.25, 0.3) is 0 Å². The summed E-state index contributed by atoms with van der Waals surface area (Å²) in [7, 11) is 0. The van der Waals surface area contributed by atoms with Crippen molar-refractivity contribution in [2.45, 2.75) is 12.0 Å². The Morgan fingerprint density at radius 3 is 2.70 bits per heavy atom. The van der Waals surface area contributed by atoms with Gasteiger partial charge >= 0.3 is 0 Å². The number of rotatable bonds is 1. The third kappa shape index (κ3) is 1.47.